The topological polar surface area (TPSA) is 49.3 Å². The zero-order chi connectivity index (χ0) is 15.5. The second-order valence-electron chi connectivity index (χ2n) is 5.86. The lowest BCUT2D eigenvalue weighted by Crippen LogP contribution is -2.41. The van der Waals surface area contributed by atoms with E-state index in [4.69, 9.17) is 0 Å². The predicted molar refractivity (Wildman–Crippen MR) is 73.5 cm³/mol. The maximum atomic E-state index is 13.5. The van der Waals surface area contributed by atoms with E-state index in [1.807, 2.05) is 13.8 Å². The molecule has 0 aliphatic rings. The van der Waals surface area contributed by atoms with Gasteiger partial charge in [0.05, 0.1) is 11.2 Å². The molecule has 0 aliphatic heterocycles. The third-order valence-corrected chi connectivity index (χ3v) is 2.97. The van der Waals surface area contributed by atoms with Gasteiger partial charge >= 0.3 is 0 Å². The van der Waals surface area contributed by atoms with Crippen molar-refractivity contribution in [3.63, 3.8) is 0 Å². The van der Waals surface area contributed by atoms with Crippen LogP contribution in [0.3, 0.4) is 0 Å². The van der Waals surface area contributed by atoms with Crippen LogP contribution in [0.25, 0.3) is 0 Å². The first kappa shape index (κ1) is 16.6. The molecule has 112 valence electrons. The predicted octanol–water partition coefficient (Wildman–Crippen LogP) is 2.80. The highest BCUT2D eigenvalue weighted by atomic mass is 19.1. The fourth-order valence-electron chi connectivity index (χ4n) is 2.15. The van der Waals surface area contributed by atoms with Crippen LogP contribution in [0.4, 0.5) is 8.78 Å². The van der Waals surface area contributed by atoms with Gasteiger partial charge in [0.25, 0.3) is 5.91 Å². The number of benzene rings is 1. The number of aliphatic hydroxyl groups is 1. The lowest BCUT2D eigenvalue weighted by Gasteiger charge is -2.25. The number of rotatable bonds is 5. The van der Waals surface area contributed by atoms with Crippen LogP contribution in [-0.2, 0) is 0 Å². The standard InChI is InChI=1S/C15H21F2NO2/c1-9(2)7-15(4,20)8-18-14(19)11-5-10(3)12(16)6-13(11)17/h5-6,9,20H,7-8H2,1-4H3,(H,18,19). The van der Waals surface area contributed by atoms with E-state index in [1.165, 1.54) is 6.92 Å². The van der Waals surface area contributed by atoms with E-state index in [2.05, 4.69) is 5.32 Å². The van der Waals surface area contributed by atoms with Gasteiger partial charge in [0.1, 0.15) is 11.6 Å². The molecule has 5 heteroatoms. The van der Waals surface area contributed by atoms with Crippen LogP contribution in [-0.4, -0.2) is 23.2 Å². The first-order valence-electron chi connectivity index (χ1n) is 6.58. The van der Waals surface area contributed by atoms with Crippen LogP contribution >= 0.6 is 0 Å². The molecule has 0 bridgehead atoms. The lowest BCUT2D eigenvalue weighted by molar-refractivity contribution is 0.0367. The van der Waals surface area contributed by atoms with Gasteiger partial charge < -0.3 is 10.4 Å². The Kier molecular flexibility index (Phi) is 5.22. The molecule has 1 aromatic rings. The largest absolute Gasteiger partial charge is 0.388 e. The minimum atomic E-state index is -1.06. The summed E-state index contributed by atoms with van der Waals surface area (Å²) in [4.78, 5) is 11.9. The van der Waals surface area contributed by atoms with Crippen LogP contribution in [0.15, 0.2) is 12.1 Å². The lowest BCUT2D eigenvalue weighted by atomic mass is 9.94. The monoisotopic (exact) mass is 285 g/mol. The average Bonchev–Trinajstić information content (AvgIpc) is 2.29. The molecule has 0 saturated carbocycles. The van der Waals surface area contributed by atoms with Gasteiger partial charge in [0.2, 0.25) is 0 Å². The molecule has 3 nitrogen and oxygen atoms in total. The van der Waals surface area contributed by atoms with Gasteiger partial charge in [-0.05, 0) is 37.8 Å². The highest BCUT2D eigenvalue weighted by Crippen LogP contribution is 2.17. The van der Waals surface area contributed by atoms with Crippen molar-refractivity contribution in [2.75, 3.05) is 6.54 Å². The molecule has 1 atom stereocenters. The molecule has 2 N–H and O–H groups in total. The molecule has 0 fully saturated rings. The van der Waals surface area contributed by atoms with Crippen molar-refractivity contribution < 1.29 is 18.7 Å². The van der Waals surface area contributed by atoms with Crippen LogP contribution < -0.4 is 5.32 Å². The van der Waals surface area contributed by atoms with E-state index in [9.17, 15) is 18.7 Å². The third-order valence-electron chi connectivity index (χ3n) is 2.97. The van der Waals surface area contributed by atoms with E-state index < -0.39 is 23.1 Å². The maximum absolute atomic E-state index is 13.5. The number of aryl methyl sites for hydroxylation is 1. The second-order valence-corrected chi connectivity index (χ2v) is 5.86. The molecule has 0 aliphatic carbocycles. The molecule has 0 heterocycles. The zero-order valence-electron chi connectivity index (χ0n) is 12.3. The number of amides is 1. The van der Waals surface area contributed by atoms with Gasteiger partial charge in [-0.15, -0.1) is 0 Å². The molecule has 0 aromatic heterocycles. The Morgan fingerprint density at radius 1 is 1.35 bits per heavy atom. The van der Waals surface area contributed by atoms with E-state index >= 15 is 0 Å². The minimum absolute atomic E-state index is 0.0138. The quantitative estimate of drug-likeness (QED) is 0.874. The Balaban J connectivity index is 2.75. The Morgan fingerprint density at radius 3 is 2.50 bits per heavy atom. The van der Waals surface area contributed by atoms with Gasteiger partial charge in [-0.3, -0.25) is 4.79 Å². The van der Waals surface area contributed by atoms with E-state index in [-0.39, 0.29) is 23.6 Å². The Bertz CT molecular complexity index is 499. The Hall–Kier alpha value is -1.49. The molecule has 0 saturated heterocycles. The summed E-state index contributed by atoms with van der Waals surface area (Å²) in [5.74, 6) is -1.98. The summed E-state index contributed by atoms with van der Waals surface area (Å²) in [6.45, 7) is 7.00. The van der Waals surface area contributed by atoms with Crippen LogP contribution in [0.2, 0.25) is 0 Å². The summed E-state index contributed by atoms with van der Waals surface area (Å²) in [6.07, 6.45) is 0.512. The maximum Gasteiger partial charge on any atom is 0.254 e. The Labute approximate surface area is 118 Å². The van der Waals surface area contributed by atoms with E-state index in [1.54, 1.807) is 6.92 Å². The summed E-state index contributed by atoms with van der Waals surface area (Å²) in [5, 5.41) is 12.6. The summed E-state index contributed by atoms with van der Waals surface area (Å²) in [5.41, 5.74) is -1.08. The first-order valence-corrected chi connectivity index (χ1v) is 6.58. The summed E-state index contributed by atoms with van der Waals surface area (Å²) in [6, 6.07) is 1.85. The molecule has 0 spiro atoms. The highest BCUT2D eigenvalue weighted by Gasteiger charge is 2.23. The molecule has 1 rings (SSSR count). The molecular weight excluding hydrogens is 264 g/mol. The summed E-state index contributed by atoms with van der Waals surface area (Å²) in [7, 11) is 0. The van der Waals surface area contributed by atoms with Crippen molar-refractivity contribution in [2.24, 2.45) is 5.92 Å². The van der Waals surface area contributed by atoms with Gasteiger partial charge in [0, 0.05) is 12.6 Å². The smallest absolute Gasteiger partial charge is 0.254 e. The molecule has 20 heavy (non-hydrogen) atoms. The zero-order valence-corrected chi connectivity index (χ0v) is 12.3. The van der Waals surface area contributed by atoms with Gasteiger partial charge in [-0.2, -0.15) is 0 Å². The van der Waals surface area contributed by atoms with Gasteiger partial charge in [-0.1, -0.05) is 13.8 Å². The van der Waals surface area contributed by atoms with Crippen molar-refractivity contribution in [1.82, 2.24) is 5.32 Å². The van der Waals surface area contributed by atoms with Crippen LogP contribution in [0, 0.1) is 24.5 Å². The third kappa shape index (κ3) is 4.56. The van der Waals surface area contributed by atoms with Crippen molar-refractivity contribution in [1.29, 1.82) is 0 Å². The number of halogens is 2. The van der Waals surface area contributed by atoms with E-state index in [0.717, 1.165) is 6.07 Å². The number of nitrogens with one attached hydrogen (secondary N) is 1. The van der Waals surface area contributed by atoms with Crippen LogP contribution in [0.1, 0.15) is 43.1 Å². The number of hydrogen-bond donors (Lipinski definition) is 2. The summed E-state index contributed by atoms with van der Waals surface area (Å²) >= 11 is 0. The number of carbonyl (C=O) groups is 1. The molecule has 1 aromatic carbocycles. The van der Waals surface area contributed by atoms with Crippen molar-refractivity contribution in [3.05, 3.63) is 34.9 Å². The normalized spacial score (nSPS) is 14.2. The molecular formula is C15H21F2NO2. The minimum Gasteiger partial charge on any atom is -0.388 e. The van der Waals surface area contributed by atoms with Crippen molar-refractivity contribution in [3.8, 4) is 0 Å². The van der Waals surface area contributed by atoms with Gasteiger partial charge in [-0.25, -0.2) is 8.78 Å². The summed E-state index contributed by atoms with van der Waals surface area (Å²) < 4.78 is 26.7. The average molecular weight is 285 g/mol. The molecule has 0 radical (unpaired) electrons. The van der Waals surface area contributed by atoms with E-state index in [0.29, 0.717) is 12.5 Å². The Morgan fingerprint density at radius 2 is 1.95 bits per heavy atom. The van der Waals surface area contributed by atoms with Crippen molar-refractivity contribution >= 4 is 5.91 Å². The number of carbonyl (C=O) groups excluding carboxylic acids is 1. The fraction of sp³-hybridized carbons (Fsp3) is 0.533. The second kappa shape index (κ2) is 6.31. The van der Waals surface area contributed by atoms with Crippen LogP contribution in [0.5, 0.6) is 0 Å². The SMILES string of the molecule is Cc1cc(C(=O)NCC(C)(O)CC(C)C)c(F)cc1F. The molecule has 1 unspecified atom stereocenters. The fourth-order valence-corrected chi connectivity index (χ4v) is 2.15. The highest BCUT2D eigenvalue weighted by molar-refractivity contribution is 5.94. The number of hydrogen-bond acceptors (Lipinski definition) is 2. The van der Waals surface area contributed by atoms with Crippen molar-refractivity contribution in [2.45, 2.75) is 39.7 Å². The first-order chi connectivity index (χ1) is 9.12. The van der Waals surface area contributed by atoms with Gasteiger partial charge in [0.15, 0.2) is 0 Å². The molecule has 1 amide bonds.